The van der Waals surface area contributed by atoms with Crippen molar-refractivity contribution in [1.29, 1.82) is 5.26 Å². The third-order valence-corrected chi connectivity index (χ3v) is 3.23. The molecule has 0 aliphatic rings. The van der Waals surface area contributed by atoms with Gasteiger partial charge in [0.15, 0.2) is 11.5 Å². The molecule has 0 aliphatic heterocycles. The van der Waals surface area contributed by atoms with Crippen LogP contribution in [0.5, 0.6) is 11.5 Å². The fourth-order valence-corrected chi connectivity index (χ4v) is 2.15. The van der Waals surface area contributed by atoms with Crippen molar-refractivity contribution in [2.75, 3.05) is 11.9 Å². The number of alkyl halides is 2. The molecule has 0 aromatic heterocycles. The second-order valence-electron chi connectivity index (χ2n) is 5.09. The molecule has 0 heterocycles. The van der Waals surface area contributed by atoms with Gasteiger partial charge >= 0.3 is 12.6 Å². The van der Waals surface area contributed by atoms with Crippen LogP contribution < -0.4 is 20.1 Å². The van der Waals surface area contributed by atoms with Crippen LogP contribution in [0.25, 0.3) is 0 Å². The van der Waals surface area contributed by atoms with Crippen molar-refractivity contribution in [3.8, 4) is 17.6 Å². The minimum absolute atomic E-state index is 0.0663. The molecule has 6 nitrogen and oxygen atoms in total. The van der Waals surface area contributed by atoms with Gasteiger partial charge < -0.3 is 20.1 Å². The number of carbonyl (C=O) groups excluding carboxylic acids is 1. The first-order valence-corrected chi connectivity index (χ1v) is 7.77. The summed E-state index contributed by atoms with van der Waals surface area (Å²) in [6.45, 7) is -0.793. The molecule has 0 spiro atoms. The van der Waals surface area contributed by atoms with Crippen molar-refractivity contribution in [2.45, 2.75) is 20.1 Å². The highest BCUT2D eigenvalue weighted by molar-refractivity contribution is 5.89. The van der Waals surface area contributed by atoms with Crippen molar-refractivity contribution in [2.24, 2.45) is 0 Å². The average molecular weight is 361 g/mol. The number of nitrogens with zero attached hydrogens (tertiary/aromatic N) is 1. The Hall–Kier alpha value is -3.34. The van der Waals surface area contributed by atoms with Gasteiger partial charge in [0.05, 0.1) is 18.2 Å². The summed E-state index contributed by atoms with van der Waals surface area (Å²) in [4.78, 5) is 11.9. The second kappa shape index (κ2) is 9.22. The van der Waals surface area contributed by atoms with E-state index < -0.39 is 12.6 Å². The van der Waals surface area contributed by atoms with Gasteiger partial charge in [0, 0.05) is 12.2 Å². The van der Waals surface area contributed by atoms with Crippen molar-refractivity contribution in [1.82, 2.24) is 5.32 Å². The van der Waals surface area contributed by atoms with Crippen molar-refractivity contribution >= 4 is 11.7 Å². The minimum Gasteiger partial charge on any atom is -0.490 e. The highest BCUT2D eigenvalue weighted by Gasteiger charge is 2.12. The van der Waals surface area contributed by atoms with Gasteiger partial charge in [-0.2, -0.15) is 14.0 Å². The Morgan fingerprint density at radius 2 is 2.04 bits per heavy atom. The van der Waals surface area contributed by atoms with Crippen LogP contribution in [0.15, 0.2) is 42.5 Å². The molecule has 2 N–H and O–H groups in total. The van der Waals surface area contributed by atoms with Gasteiger partial charge in [0.25, 0.3) is 0 Å². The van der Waals surface area contributed by atoms with Crippen LogP contribution in [-0.4, -0.2) is 19.2 Å². The lowest BCUT2D eigenvalue weighted by atomic mass is 10.2. The van der Waals surface area contributed by atoms with Gasteiger partial charge in [-0.3, -0.25) is 0 Å². The zero-order chi connectivity index (χ0) is 18.9. The minimum atomic E-state index is -2.95. The zero-order valence-electron chi connectivity index (χ0n) is 14.0. The molecule has 2 rings (SSSR count). The van der Waals surface area contributed by atoms with Crippen molar-refractivity contribution in [3.05, 3.63) is 53.6 Å². The number of halogens is 2. The molecule has 0 fully saturated rings. The van der Waals surface area contributed by atoms with Crippen LogP contribution in [0.1, 0.15) is 18.1 Å². The topological polar surface area (TPSA) is 83.4 Å². The number of benzene rings is 2. The molecule has 136 valence electrons. The lowest BCUT2D eigenvalue weighted by Gasteiger charge is -2.13. The number of rotatable bonds is 7. The van der Waals surface area contributed by atoms with E-state index >= 15 is 0 Å². The summed E-state index contributed by atoms with van der Waals surface area (Å²) in [5, 5.41) is 14.1. The fraction of sp³-hybridized carbons (Fsp3) is 0.222. The largest absolute Gasteiger partial charge is 0.490 e. The molecule has 0 saturated heterocycles. The maximum Gasteiger partial charge on any atom is 0.387 e. The summed E-state index contributed by atoms with van der Waals surface area (Å²) < 4.78 is 34.5. The SMILES string of the molecule is CCOc1cc(CNC(=O)Nc2cccc(C#N)c2)ccc1OC(F)F. The van der Waals surface area contributed by atoms with E-state index in [1.807, 2.05) is 6.07 Å². The predicted octanol–water partition coefficient (Wildman–Crippen LogP) is 3.88. The van der Waals surface area contributed by atoms with Gasteiger partial charge in [-0.1, -0.05) is 12.1 Å². The number of ether oxygens (including phenoxy) is 2. The molecule has 2 amide bonds. The van der Waals surface area contributed by atoms with Crippen molar-refractivity contribution < 1.29 is 23.0 Å². The summed E-state index contributed by atoms with van der Waals surface area (Å²) in [7, 11) is 0. The number of nitriles is 1. The molecule has 0 radical (unpaired) electrons. The molecule has 0 atom stereocenters. The molecule has 0 unspecified atom stereocenters. The number of carbonyl (C=O) groups is 1. The first-order chi connectivity index (χ1) is 12.5. The maximum atomic E-state index is 12.4. The highest BCUT2D eigenvalue weighted by atomic mass is 19.3. The summed E-state index contributed by atoms with van der Waals surface area (Å²) in [6.07, 6.45) is 0. The number of nitrogens with one attached hydrogen (secondary N) is 2. The zero-order valence-corrected chi connectivity index (χ0v) is 14.0. The summed E-state index contributed by atoms with van der Waals surface area (Å²) in [5.74, 6) is 0.109. The average Bonchev–Trinajstić information content (AvgIpc) is 2.62. The first kappa shape index (κ1) is 19.0. The van der Waals surface area contributed by atoms with E-state index in [0.29, 0.717) is 16.8 Å². The smallest absolute Gasteiger partial charge is 0.387 e. The monoisotopic (exact) mass is 361 g/mol. The first-order valence-electron chi connectivity index (χ1n) is 7.77. The standard InChI is InChI=1S/C18H17F2N3O3/c1-2-25-16-9-13(6-7-15(16)26-17(19)20)11-22-18(24)23-14-5-3-4-12(8-14)10-21/h3-9,17H,2,11H2,1H3,(H2,22,23,24). The summed E-state index contributed by atoms with van der Waals surface area (Å²) in [6, 6.07) is 12.4. The molecule has 2 aromatic carbocycles. The Morgan fingerprint density at radius 1 is 1.23 bits per heavy atom. The molecule has 8 heteroatoms. The third-order valence-electron chi connectivity index (χ3n) is 3.23. The van der Waals surface area contributed by atoms with Gasteiger partial charge in [0.1, 0.15) is 0 Å². The van der Waals surface area contributed by atoms with E-state index in [0.717, 1.165) is 0 Å². The van der Waals surface area contributed by atoms with Gasteiger partial charge in [-0.05, 0) is 42.8 Å². The molecular weight excluding hydrogens is 344 g/mol. The normalized spacial score (nSPS) is 10.1. The lowest BCUT2D eigenvalue weighted by molar-refractivity contribution is -0.0514. The van der Waals surface area contributed by atoms with Gasteiger partial charge in [-0.25, -0.2) is 4.79 Å². The Labute approximate surface area is 149 Å². The van der Waals surface area contributed by atoms with Crippen molar-refractivity contribution in [3.63, 3.8) is 0 Å². The van der Waals surface area contributed by atoms with Crippen LogP contribution in [0.4, 0.5) is 19.3 Å². The van der Waals surface area contributed by atoms with E-state index in [1.54, 1.807) is 37.3 Å². The molecule has 26 heavy (non-hydrogen) atoms. The van der Waals surface area contributed by atoms with E-state index in [9.17, 15) is 13.6 Å². The quantitative estimate of drug-likeness (QED) is 0.784. The molecule has 2 aromatic rings. The Bertz CT molecular complexity index is 807. The Morgan fingerprint density at radius 3 is 2.73 bits per heavy atom. The van der Waals surface area contributed by atoms with Crippen LogP contribution in [-0.2, 0) is 6.54 Å². The molecule has 0 saturated carbocycles. The molecule has 0 bridgehead atoms. The highest BCUT2D eigenvalue weighted by Crippen LogP contribution is 2.29. The number of hydrogen-bond acceptors (Lipinski definition) is 4. The van der Waals surface area contributed by atoms with Crippen LogP contribution in [0.3, 0.4) is 0 Å². The summed E-state index contributed by atoms with van der Waals surface area (Å²) in [5.41, 5.74) is 1.56. The van der Waals surface area contributed by atoms with Crippen LogP contribution >= 0.6 is 0 Å². The third kappa shape index (κ3) is 5.63. The lowest BCUT2D eigenvalue weighted by Crippen LogP contribution is -2.28. The molecule has 0 aliphatic carbocycles. The Kier molecular flexibility index (Phi) is 6.74. The van der Waals surface area contributed by atoms with E-state index in [1.165, 1.54) is 12.1 Å². The van der Waals surface area contributed by atoms with Gasteiger partial charge in [0.2, 0.25) is 0 Å². The Balaban J connectivity index is 1.98. The van der Waals surface area contributed by atoms with E-state index in [-0.39, 0.29) is 24.7 Å². The second-order valence-corrected chi connectivity index (χ2v) is 5.09. The van der Waals surface area contributed by atoms with Crippen LogP contribution in [0, 0.1) is 11.3 Å². The van der Waals surface area contributed by atoms with E-state index in [4.69, 9.17) is 10.00 Å². The van der Waals surface area contributed by atoms with Crippen LogP contribution in [0.2, 0.25) is 0 Å². The number of hydrogen-bond donors (Lipinski definition) is 2. The predicted molar refractivity (Wildman–Crippen MR) is 91.3 cm³/mol. The summed E-state index contributed by atoms with van der Waals surface area (Å²) >= 11 is 0. The van der Waals surface area contributed by atoms with E-state index in [2.05, 4.69) is 15.4 Å². The number of urea groups is 1. The van der Waals surface area contributed by atoms with Gasteiger partial charge in [-0.15, -0.1) is 0 Å². The fourth-order valence-electron chi connectivity index (χ4n) is 2.15. The number of amides is 2. The number of anilines is 1. The maximum absolute atomic E-state index is 12.4. The molecular formula is C18H17F2N3O3.